The van der Waals surface area contributed by atoms with E-state index >= 15 is 0 Å². The van der Waals surface area contributed by atoms with E-state index in [1.807, 2.05) is 0 Å². The molecule has 21 heavy (non-hydrogen) atoms. The number of hydrogen-bond acceptors (Lipinski definition) is 3. The van der Waals surface area contributed by atoms with Gasteiger partial charge < -0.3 is 10.4 Å². The van der Waals surface area contributed by atoms with Gasteiger partial charge in [-0.05, 0) is 44.4 Å². The summed E-state index contributed by atoms with van der Waals surface area (Å²) >= 11 is 0. The highest BCUT2D eigenvalue weighted by atomic mass is 19.4. The summed E-state index contributed by atoms with van der Waals surface area (Å²) in [6, 6.07) is 0.273. The Morgan fingerprint density at radius 2 is 1.90 bits per heavy atom. The molecule has 0 spiro atoms. The fraction of sp³-hybridized carbons (Fsp3) is 1.00. The second-order valence-electron chi connectivity index (χ2n) is 6.70. The maximum Gasteiger partial charge on any atom is 0.401 e. The van der Waals surface area contributed by atoms with Crippen LogP contribution in [-0.4, -0.2) is 54.0 Å². The second-order valence-corrected chi connectivity index (χ2v) is 6.70. The first-order valence-corrected chi connectivity index (χ1v) is 8.02. The predicted molar refractivity (Wildman–Crippen MR) is 76.0 cm³/mol. The van der Waals surface area contributed by atoms with Crippen molar-refractivity contribution in [1.29, 1.82) is 0 Å². The van der Waals surface area contributed by atoms with Crippen LogP contribution < -0.4 is 5.32 Å². The van der Waals surface area contributed by atoms with Crippen LogP contribution in [-0.2, 0) is 0 Å². The normalized spacial score (nSPS) is 31.1. The molecule has 0 aromatic rings. The summed E-state index contributed by atoms with van der Waals surface area (Å²) < 4.78 is 37.2. The van der Waals surface area contributed by atoms with Gasteiger partial charge in [-0.2, -0.15) is 13.2 Å². The van der Waals surface area contributed by atoms with E-state index in [0.29, 0.717) is 24.9 Å². The number of alkyl halides is 3. The van der Waals surface area contributed by atoms with E-state index in [1.165, 1.54) is 12.8 Å². The predicted octanol–water partition coefficient (Wildman–Crippen LogP) is 2.40. The molecule has 2 N–H and O–H groups in total. The quantitative estimate of drug-likeness (QED) is 0.791. The lowest BCUT2D eigenvalue weighted by Crippen LogP contribution is -2.55. The molecule has 0 bridgehead atoms. The summed E-state index contributed by atoms with van der Waals surface area (Å²) in [5, 5.41) is 12.5. The Morgan fingerprint density at radius 3 is 2.38 bits per heavy atom. The lowest BCUT2D eigenvalue weighted by Gasteiger charge is -2.43. The number of hydrogen-bond donors (Lipinski definition) is 2. The fourth-order valence-corrected chi connectivity index (χ4v) is 3.57. The standard InChI is InChI=1S/C15H27F3N2O/c1-3-14(11-4-5-11)20-7-12(10(2)21)6-13(8-20)19-9-15(16,17)18/h10-14,19,21H,3-9H2,1-2H3. The Balaban J connectivity index is 1.97. The zero-order valence-electron chi connectivity index (χ0n) is 12.9. The molecule has 2 rings (SSSR count). The number of piperidine rings is 1. The van der Waals surface area contributed by atoms with E-state index in [9.17, 15) is 18.3 Å². The minimum Gasteiger partial charge on any atom is -0.393 e. The van der Waals surface area contributed by atoms with Crippen molar-refractivity contribution in [1.82, 2.24) is 10.2 Å². The first-order valence-electron chi connectivity index (χ1n) is 8.02. The average Bonchev–Trinajstić information content (AvgIpc) is 3.21. The van der Waals surface area contributed by atoms with Crippen molar-refractivity contribution in [2.45, 2.75) is 63.9 Å². The SMILES string of the molecule is CCC(C1CC1)N1CC(NCC(F)(F)F)CC(C(C)O)C1. The third-order valence-corrected chi connectivity index (χ3v) is 4.84. The number of aliphatic hydroxyl groups excluding tert-OH is 1. The van der Waals surface area contributed by atoms with Crippen LogP contribution in [0, 0.1) is 11.8 Å². The largest absolute Gasteiger partial charge is 0.401 e. The molecule has 6 heteroatoms. The number of aliphatic hydroxyl groups is 1. The molecule has 0 amide bonds. The molecule has 1 aliphatic carbocycles. The van der Waals surface area contributed by atoms with Crippen molar-refractivity contribution in [2.75, 3.05) is 19.6 Å². The maximum atomic E-state index is 12.4. The van der Waals surface area contributed by atoms with Crippen LogP contribution in [0.5, 0.6) is 0 Å². The Hall–Kier alpha value is -0.330. The number of halogens is 3. The zero-order chi connectivity index (χ0) is 15.6. The summed E-state index contributed by atoms with van der Waals surface area (Å²) in [6.45, 7) is 4.41. The second kappa shape index (κ2) is 6.84. The van der Waals surface area contributed by atoms with Crippen LogP contribution >= 0.6 is 0 Å². The molecule has 3 nitrogen and oxygen atoms in total. The molecule has 124 valence electrons. The molecule has 2 fully saturated rings. The highest BCUT2D eigenvalue weighted by Gasteiger charge is 2.39. The molecule has 1 saturated heterocycles. The van der Waals surface area contributed by atoms with Crippen LogP contribution in [0.25, 0.3) is 0 Å². The van der Waals surface area contributed by atoms with Crippen molar-refractivity contribution in [3.8, 4) is 0 Å². The Bertz CT molecular complexity index is 331. The zero-order valence-corrected chi connectivity index (χ0v) is 12.9. The van der Waals surface area contributed by atoms with E-state index in [2.05, 4.69) is 17.1 Å². The molecular weight excluding hydrogens is 281 g/mol. The Labute approximate surface area is 124 Å². The van der Waals surface area contributed by atoms with Gasteiger partial charge in [0.05, 0.1) is 12.6 Å². The van der Waals surface area contributed by atoms with Gasteiger partial charge in [0.2, 0.25) is 0 Å². The highest BCUT2D eigenvalue weighted by Crippen LogP contribution is 2.38. The highest BCUT2D eigenvalue weighted by molar-refractivity contribution is 4.94. The van der Waals surface area contributed by atoms with Gasteiger partial charge >= 0.3 is 6.18 Å². The Kier molecular flexibility index (Phi) is 5.54. The molecule has 4 unspecified atom stereocenters. The van der Waals surface area contributed by atoms with E-state index in [1.54, 1.807) is 6.92 Å². The summed E-state index contributed by atoms with van der Waals surface area (Å²) in [5.41, 5.74) is 0. The number of nitrogens with one attached hydrogen (secondary N) is 1. The van der Waals surface area contributed by atoms with Crippen molar-refractivity contribution < 1.29 is 18.3 Å². The lowest BCUT2D eigenvalue weighted by atomic mass is 9.88. The molecule has 4 atom stereocenters. The number of nitrogens with zero attached hydrogens (tertiary/aromatic N) is 1. The summed E-state index contributed by atoms with van der Waals surface area (Å²) in [5.74, 6) is 0.753. The average molecular weight is 308 g/mol. The van der Waals surface area contributed by atoms with Crippen LogP contribution in [0.2, 0.25) is 0 Å². The summed E-state index contributed by atoms with van der Waals surface area (Å²) in [4.78, 5) is 2.31. The molecule has 0 aromatic heterocycles. The minimum absolute atomic E-state index is 0.0530. The van der Waals surface area contributed by atoms with E-state index in [0.717, 1.165) is 13.0 Å². The molecule has 0 aromatic carbocycles. The van der Waals surface area contributed by atoms with Gasteiger partial charge in [-0.25, -0.2) is 0 Å². The Morgan fingerprint density at radius 1 is 1.24 bits per heavy atom. The van der Waals surface area contributed by atoms with Crippen molar-refractivity contribution in [3.05, 3.63) is 0 Å². The smallest absolute Gasteiger partial charge is 0.393 e. The molecule has 1 saturated carbocycles. The van der Waals surface area contributed by atoms with Crippen molar-refractivity contribution in [3.63, 3.8) is 0 Å². The topological polar surface area (TPSA) is 35.5 Å². The van der Waals surface area contributed by atoms with Gasteiger partial charge in [-0.1, -0.05) is 6.92 Å². The monoisotopic (exact) mass is 308 g/mol. The lowest BCUT2D eigenvalue weighted by molar-refractivity contribution is -0.128. The van der Waals surface area contributed by atoms with E-state index in [4.69, 9.17) is 0 Å². The van der Waals surface area contributed by atoms with Crippen molar-refractivity contribution >= 4 is 0 Å². The first-order chi connectivity index (χ1) is 9.80. The molecule has 1 aliphatic heterocycles. The summed E-state index contributed by atoms with van der Waals surface area (Å²) in [6.07, 6.45) is -0.540. The van der Waals surface area contributed by atoms with Crippen LogP contribution in [0.4, 0.5) is 13.2 Å². The maximum absolute atomic E-state index is 12.4. The third-order valence-electron chi connectivity index (χ3n) is 4.84. The third kappa shape index (κ3) is 5.11. The molecule has 0 radical (unpaired) electrons. The van der Waals surface area contributed by atoms with E-state index in [-0.39, 0.29) is 12.0 Å². The van der Waals surface area contributed by atoms with Crippen LogP contribution in [0.3, 0.4) is 0 Å². The van der Waals surface area contributed by atoms with E-state index < -0.39 is 18.8 Å². The number of rotatable bonds is 6. The van der Waals surface area contributed by atoms with Gasteiger partial charge in [0.15, 0.2) is 0 Å². The van der Waals surface area contributed by atoms with Gasteiger partial charge in [-0.15, -0.1) is 0 Å². The van der Waals surface area contributed by atoms with Crippen molar-refractivity contribution in [2.24, 2.45) is 11.8 Å². The molecule has 2 aliphatic rings. The molecular formula is C15H27F3N2O. The van der Waals surface area contributed by atoms with Crippen LogP contribution in [0.1, 0.15) is 39.5 Å². The van der Waals surface area contributed by atoms with Gasteiger partial charge in [0.25, 0.3) is 0 Å². The van der Waals surface area contributed by atoms with Gasteiger partial charge in [-0.3, -0.25) is 4.90 Å². The molecule has 1 heterocycles. The first kappa shape index (κ1) is 17.0. The summed E-state index contributed by atoms with van der Waals surface area (Å²) in [7, 11) is 0. The van der Waals surface area contributed by atoms with Crippen LogP contribution in [0.15, 0.2) is 0 Å². The number of likely N-dealkylation sites (tertiary alicyclic amines) is 1. The van der Waals surface area contributed by atoms with Gasteiger partial charge in [0, 0.05) is 25.2 Å². The van der Waals surface area contributed by atoms with Gasteiger partial charge in [0.1, 0.15) is 0 Å². The fourth-order valence-electron chi connectivity index (χ4n) is 3.57. The minimum atomic E-state index is -4.18.